The number of carbonyl (C=O) groups excluding carboxylic acids is 1. The van der Waals surface area contributed by atoms with E-state index in [1.807, 2.05) is 49.3 Å². The molecule has 0 heterocycles. The van der Waals surface area contributed by atoms with Crippen molar-refractivity contribution < 1.29 is 14.3 Å². The van der Waals surface area contributed by atoms with E-state index >= 15 is 0 Å². The van der Waals surface area contributed by atoms with Gasteiger partial charge in [-0.05, 0) is 42.8 Å². The summed E-state index contributed by atoms with van der Waals surface area (Å²) in [6.07, 6.45) is 4.98. The van der Waals surface area contributed by atoms with E-state index in [1.54, 1.807) is 37.3 Å². The van der Waals surface area contributed by atoms with Crippen molar-refractivity contribution in [1.82, 2.24) is 0 Å². The summed E-state index contributed by atoms with van der Waals surface area (Å²) in [6, 6.07) is 14.4. The van der Waals surface area contributed by atoms with Gasteiger partial charge in [-0.15, -0.1) is 0 Å². The number of hydrogen-bond acceptors (Lipinski definition) is 4. The molecule has 2 aromatic rings. The van der Waals surface area contributed by atoms with E-state index in [1.165, 1.54) is 6.21 Å². The standard InChI is InChI=1S/C20H22N2O3/c1-4-25-20(23)17-9-13-19(14-10-17)22(24)15-5-6-16-7-11-18(12-8-16)21(2)3/h5-15H,4H2,1-3H3/b6-5+,22-15-. The smallest absolute Gasteiger partial charge is 0.338 e. The van der Waals surface area contributed by atoms with E-state index in [2.05, 4.69) is 0 Å². The number of benzene rings is 2. The van der Waals surface area contributed by atoms with Gasteiger partial charge >= 0.3 is 5.97 Å². The van der Waals surface area contributed by atoms with Gasteiger partial charge in [-0.2, -0.15) is 4.74 Å². The second-order valence-electron chi connectivity index (χ2n) is 5.59. The van der Waals surface area contributed by atoms with Crippen LogP contribution in [0.15, 0.2) is 54.6 Å². The summed E-state index contributed by atoms with van der Waals surface area (Å²) >= 11 is 0. The van der Waals surface area contributed by atoms with E-state index in [0.717, 1.165) is 16.0 Å². The van der Waals surface area contributed by atoms with Crippen molar-refractivity contribution in [2.45, 2.75) is 6.92 Å². The maximum Gasteiger partial charge on any atom is 0.338 e. The summed E-state index contributed by atoms with van der Waals surface area (Å²) in [6.45, 7) is 2.07. The zero-order valence-corrected chi connectivity index (χ0v) is 14.7. The van der Waals surface area contributed by atoms with Gasteiger partial charge in [0.1, 0.15) is 0 Å². The largest absolute Gasteiger partial charge is 0.618 e. The van der Waals surface area contributed by atoms with E-state index in [4.69, 9.17) is 4.74 Å². The molecule has 0 N–H and O–H groups in total. The van der Waals surface area contributed by atoms with E-state index in [0.29, 0.717) is 17.9 Å². The van der Waals surface area contributed by atoms with Crippen LogP contribution < -0.4 is 4.90 Å². The Kier molecular flexibility index (Phi) is 6.34. The van der Waals surface area contributed by atoms with Gasteiger partial charge in [0.25, 0.3) is 0 Å². The summed E-state index contributed by atoms with van der Waals surface area (Å²) in [5.74, 6) is -0.392. The zero-order chi connectivity index (χ0) is 18.2. The molecule has 0 unspecified atom stereocenters. The third kappa shape index (κ3) is 5.21. The highest BCUT2D eigenvalue weighted by molar-refractivity contribution is 5.89. The van der Waals surface area contributed by atoms with Crippen LogP contribution in [0.5, 0.6) is 0 Å². The lowest BCUT2D eigenvalue weighted by Crippen LogP contribution is -2.07. The van der Waals surface area contributed by atoms with Crippen molar-refractivity contribution in [3.63, 3.8) is 0 Å². The van der Waals surface area contributed by atoms with Gasteiger partial charge in [0.15, 0.2) is 6.21 Å². The first-order valence-electron chi connectivity index (χ1n) is 8.03. The van der Waals surface area contributed by atoms with Crippen LogP contribution in [0.25, 0.3) is 6.08 Å². The summed E-state index contributed by atoms with van der Waals surface area (Å²) in [4.78, 5) is 13.6. The minimum absolute atomic E-state index is 0.322. The van der Waals surface area contributed by atoms with Gasteiger partial charge in [-0.1, -0.05) is 12.1 Å². The van der Waals surface area contributed by atoms with E-state index in [9.17, 15) is 10.0 Å². The van der Waals surface area contributed by atoms with Gasteiger partial charge in [0.2, 0.25) is 5.69 Å². The van der Waals surface area contributed by atoms with Crippen LogP contribution in [0.2, 0.25) is 0 Å². The van der Waals surface area contributed by atoms with Crippen molar-refractivity contribution in [1.29, 1.82) is 0 Å². The Hall–Kier alpha value is -3.08. The Balaban J connectivity index is 2.04. The molecule has 0 aliphatic rings. The van der Waals surface area contributed by atoms with Gasteiger partial charge in [-0.3, -0.25) is 0 Å². The molecule has 0 radical (unpaired) electrons. The fourth-order valence-electron chi connectivity index (χ4n) is 2.16. The first-order chi connectivity index (χ1) is 12.0. The summed E-state index contributed by atoms with van der Waals surface area (Å²) in [7, 11) is 3.97. The molecule has 130 valence electrons. The topological polar surface area (TPSA) is 55.6 Å². The summed E-state index contributed by atoms with van der Waals surface area (Å²) in [5.41, 5.74) is 3.00. The maximum atomic E-state index is 12.1. The Morgan fingerprint density at radius 3 is 2.32 bits per heavy atom. The van der Waals surface area contributed by atoms with Gasteiger partial charge in [0.05, 0.1) is 12.2 Å². The quantitative estimate of drug-likeness (QED) is 0.264. The number of carbonyl (C=O) groups is 1. The molecule has 0 bridgehead atoms. The van der Waals surface area contributed by atoms with Crippen LogP contribution in [0.3, 0.4) is 0 Å². The maximum absolute atomic E-state index is 12.1. The zero-order valence-electron chi connectivity index (χ0n) is 14.7. The number of hydrogen-bond donors (Lipinski definition) is 0. The molecule has 0 aliphatic carbocycles. The molecule has 0 atom stereocenters. The van der Waals surface area contributed by atoms with Gasteiger partial charge in [-0.25, -0.2) is 4.79 Å². The normalized spacial score (nSPS) is 11.6. The molecule has 0 amide bonds. The molecule has 5 nitrogen and oxygen atoms in total. The highest BCUT2D eigenvalue weighted by atomic mass is 16.5. The van der Waals surface area contributed by atoms with Gasteiger partial charge < -0.3 is 14.8 Å². The molecule has 0 saturated carbocycles. The van der Waals surface area contributed by atoms with E-state index < -0.39 is 5.97 Å². The minimum atomic E-state index is -0.392. The highest BCUT2D eigenvalue weighted by Gasteiger charge is 2.07. The van der Waals surface area contributed by atoms with Crippen LogP contribution in [-0.2, 0) is 4.74 Å². The number of anilines is 1. The highest BCUT2D eigenvalue weighted by Crippen LogP contribution is 2.14. The average molecular weight is 338 g/mol. The molecule has 2 aromatic carbocycles. The monoisotopic (exact) mass is 338 g/mol. The van der Waals surface area contributed by atoms with Crippen LogP contribution in [0, 0.1) is 5.21 Å². The van der Waals surface area contributed by atoms with Crippen molar-refractivity contribution in [3.8, 4) is 0 Å². The Bertz CT molecular complexity index is 761. The van der Waals surface area contributed by atoms with Crippen LogP contribution in [0.1, 0.15) is 22.8 Å². The van der Waals surface area contributed by atoms with Crippen LogP contribution in [-0.4, -0.2) is 37.6 Å². The Labute approximate surface area is 148 Å². The Morgan fingerprint density at radius 2 is 1.76 bits per heavy atom. The Morgan fingerprint density at radius 1 is 1.12 bits per heavy atom. The summed E-state index contributed by atoms with van der Waals surface area (Å²) in [5, 5.41) is 12.1. The number of nitrogens with zero attached hydrogens (tertiary/aromatic N) is 2. The third-order valence-corrected chi connectivity index (χ3v) is 3.55. The number of ether oxygens (including phenoxy) is 1. The lowest BCUT2D eigenvalue weighted by Gasteiger charge is -2.11. The van der Waals surface area contributed by atoms with E-state index in [-0.39, 0.29) is 0 Å². The lowest BCUT2D eigenvalue weighted by atomic mass is 10.2. The van der Waals surface area contributed by atoms with Crippen molar-refractivity contribution in [2.75, 3.05) is 25.6 Å². The molecule has 0 fully saturated rings. The second kappa shape index (κ2) is 8.68. The van der Waals surface area contributed by atoms with Crippen LogP contribution in [0.4, 0.5) is 11.4 Å². The predicted octanol–water partition coefficient (Wildman–Crippen LogP) is 3.86. The SMILES string of the molecule is CCOC(=O)c1ccc(/[N+]([O-])=C/C=C/c2ccc(N(C)C)cc2)cc1. The first kappa shape index (κ1) is 18.3. The number of allylic oxidation sites excluding steroid dienone is 1. The van der Waals surface area contributed by atoms with Crippen molar-refractivity contribution in [3.05, 3.63) is 70.9 Å². The molecular formula is C20H22N2O3. The molecule has 0 spiro atoms. The van der Waals surface area contributed by atoms with Crippen LogP contribution >= 0.6 is 0 Å². The average Bonchev–Trinajstić information content (AvgIpc) is 2.62. The molecule has 5 heteroatoms. The van der Waals surface area contributed by atoms with Crippen molar-refractivity contribution in [2.24, 2.45) is 0 Å². The predicted molar refractivity (Wildman–Crippen MR) is 102 cm³/mol. The lowest BCUT2D eigenvalue weighted by molar-refractivity contribution is -0.354. The molecule has 2 rings (SSSR count). The third-order valence-electron chi connectivity index (χ3n) is 3.55. The fraction of sp³-hybridized carbons (Fsp3) is 0.200. The van der Waals surface area contributed by atoms with Crippen molar-refractivity contribution >= 4 is 29.6 Å². The second-order valence-corrected chi connectivity index (χ2v) is 5.59. The minimum Gasteiger partial charge on any atom is -0.618 e. The molecule has 25 heavy (non-hydrogen) atoms. The number of rotatable bonds is 6. The molecule has 0 aliphatic heterocycles. The number of esters is 1. The molecular weight excluding hydrogens is 316 g/mol. The summed E-state index contributed by atoms with van der Waals surface area (Å²) < 4.78 is 5.66. The first-order valence-corrected chi connectivity index (χ1v) is 8.03. The fourth-order valence-corrected chi connectivity index (χ4v) is 2.16. The molecule has 0 aromatic heterocycles. The van der Waals surface area contributed by atoms with Gasteiger partial charge in [0, 0.05) is 38.0 Å². The molecule has 0 saturated heterocycles.